The molecule has 4 heterocycles. The molecule has 3 aliphatic heterocycles. The zero-order valence-electron chi connectivity index (χ0n) is 19.4. The molecule has 33 heavy (non-hydrogen) atoms. The van der Waals surface area contributed by atoms with Gasteiger partial charge in [0.05, 0.1) is 12.1 Å². The van der Waals surface area contributed by atoms with Crippen LogP contribution in [0.25, 0.3) is 0 Å². The minimum atomic E-state index is -0.334. The van der Waals surface area contributed by atoms with Crippen molar-refractivity contribution in [3.05, 3.63) is 47.7 Å². The predicted molar refractivity (Wildman–Crippen MR) is 128 cm³/mol. The fourth-order valence-electron chi connectivity index (χ4n) is 5.39. The summed E-state index contributed by atoms with van der Waals surface area (Å²) in [5, 5.41) is 14.4. The van der Waals surface area contributed by atoms with Gasteiger partial charge in [-0.1, -0.05) is 24.3 Å². The van der Waals surface area contributed by atoms with E-state index in [1.807, 2.05) is 17.2 Å². The molecule has 2 saturated heterocycles. The number of likely N-dealkylation sites (tertiary alicyclic amines) is 1. The third kappa shape index (κ3) is 4.96. The fraction of sp³-hybridized carbons (Fsp3) is 0.560. The van der Waals surface area contributed by atoms with Gasteiger partial charge in [-0.2, -0.15) is 4.98 Å². The van der Waals surface area contributed by atoms with Crippen molar-refractivity contribution in [2.75, 3.05) is 42.9 Å². The molecule has 8 nitrogen and oxygen atoms in total. The molecule has 8 heteroatoms. The van der Waals surface area contributed by atoms with Crippen molar-refractivity contribution in [2.24, 2.45) is 0 Å². The van der Waals surface area contributed by atoms with Gasteiger partial charge in [0, 0.05) is 58.4 Å². The zero-order valence-corrected chi connectivity index (χ0v) is 19.4. The topological polar surface area (TPSA) is 84.8 Å². The number of hydrogen-bond acceptors (Lipinski definition) is 7. The van der Waals surface area contributed by atoms with Crippen molar-refractivity contribution >= 4 is 17.7 Å². The second-order valence-corrected chi connectivity index (χ2v) is 9.53. The Morgan fingerprint density at radius 2 is 1.85 bits per heavy atom. The van der Waals surface area contributed by atoms with E-state index in [0.717, 1.165) is 70.3 Å². The zero-order chi connectivity index (χ0) is 22.8. The molecule has 1 amide bonds. The summed E-state index contributed by atoms with van der Waals surface area (Å²) in [5.74, 6) is 1.70. The minimum Gasteiger partial charge on any atom is -0.391 e. The van der Waals surface area contributed by atoms with Gasteiger partial charge in [0.1, 0.15) is 5.82 Å². The van der Waals surface area contributed by atoms with Gasteiger partial charge < -0.3 is 20.2 Å². The third-order valence-corrected chi connectivity index (χ3v) is 7.39. The number of nitrogens with one attached hydrogen (secondary N) is 1. The molecule has 0 radical (unpaired) electrons. The Labute approximate surface area is 195 Å². The van der Waals surface area contributed by atoms with Crippen LogP contribution >= 0.6 is 0 Å². The van der Waals surface area contributed by atoms with Crippen LogP contribution in [0.4, 0.5) is 11.8 Å². The van der Waals surface area contributed by atoms with Gasteiger partial charge in [-0.15, -0.1) is 0 Å². The van der Waals surface area contributed by atoms with Gasteiger partial charge in [-0.3, -0.25) is 9.69 Å². The van der Waals surface area contributed by atoms with E-state index in [4.69, 9.17) is 4.98 Å². The van der Waals surface area contributed by atoms with Gasteiger partial charge in [0.2, 0.25) is 11.9 Å². The molecule has 0 aliphatic carbocycles. The van der Waals surface area contributed by atoms with Crippen LogP contribution in [0.5, 0.6) is 0 Å². The van der Waals surface area contributed by atoms with Gasteiger partial charge in [0.25, 0.3) is 0 Å². The van der Waals surface area contributed by atoms with E-state index in [-0.39, 0.29) is 18.1 Å². The monoisotopic (exact) mass is 450 g/mol. The molecule has 0 bridgehead atoms. The molecular formula is C25H34N6O2. The van der Waals surface area contributed by atoms with Crippen LogP contribution in [0.1, 0.15) is 37.3 Å². The van der Waals surface area contributed by atoms with E-state index >= 15 is 0 Å². The first-order valence-electron chi connectivity index (χ1n) is 12.2. The van der Waals surface area contributed by atoms with Crippen molar-refractivity contribution in [2.45, 2.75) is 57.3 Å². The molecule has 1 aromatic carbocycles. The Hall–Kier alpha value is -2.71. The van der Waals surface area contributed by atoms with E-state index in [0.29, 0.717) is 12.5 Å². The quantitative estimate of drug-likeness (QED) is 0.736. The number of carbonyl (C=O) groups excluding carboxylic acids is 1. The Morgan fingerprint density at radius 3 is 2.64 bits per heavy atom. The summed E-state index contributed by atoms with van der Waals surface area (Å²) < 4.78 is 0. The summed E-state index contributed by atoms with van der Waals surface area (Å²) in [7, 11) is 0. The maximum Gasteiger partial charge on any atom is 0.227 e. The first-order chi connectivity index (χ1) is 16.1. The Kier molecular flexibility index (Phi) is 6.46. The number of amides is 1. The highest BCUT2D eigenvalue weighted by molar-refractivity contribution is 5.73. The number of benzene rings is 1. The lowest BCUT2D eigenvalue weighted by molar-refractivity contribution is -0.129. The number of fused-ring (bicyclic) bond motifs is 1. The Bertz CT molecular complexity index is 977. The number of nitrogens with zero attached hydrogens (tertiary/aromatic N) is 5. The number of aromatic nitrogens is 2. The number of carbonyl (C=O) groups is 1. The van der Waals surface area contributed by atoms with E-state index in [9.17, 15) is 9.90 Å². The first kappa shape index (κ1) is 22.1. The lowest BCUT2D eigenvalue weighted by Gasteiger charge is -2.44. The number of aliphatic hydroxyl groups excluding tert-OH is 1. The lowest BCUT2D eigenvalue weighted by atomic mass is 9.94. The number of anilines is 2. The van der Waals surface area contributed by atoms with Gasteiger partial charge in [0.15, 0.2) is 0 Å². The number of aliphatic hydroxyl groups is 1. The minimum absolute atomic E-state index is 0.0724. The van der Waals surface area contributed by atoms with Crippen molar-refractivity contribution in [1.82, 2.24) is 19.8 Å². The Morgan fingerprint density at radius 1 is 1.06 bits per heavy atom. The highest BCUT2D eigenvalue weighted by Crippen LogP contribution is 2.26. The van der Waals surface area contributed by atoms with E-state index in [1.165, 1.54) is 11.1 Å². The molecular weight excluding hydrogens is 416 g/mol. The van der Waals surface area contributed by atoms with Gasteiger partial charge >= 0.3 is 0 Å². The first-order valence-corrected chi connectivity index (χ1v) is 12.2. The lowest BCUT2D eigenvalue weighted by Crippen LogP contribution is -2.56. The van der Waals surface area contributed by atoms with Crippen LogP contribution in [0.15, 0.2) is 36.5 Å². The average molecular weight is 451 g/mol. The molecule has 3 aliphatic rings. The highest BCUT2D eigenvalue weighted by Gasteiger charge is 2.35. The molecule has 1 aromatic heterocycles. The summed E-state index contributed by atoms with van der Waals surface area (Å²) in [6.07, 6.45) is 5.07. The van der Waals surface area contributed by atoms with Gasteiger partial charge in [-0.25, -0.2) is 4.98 Å². The van der Waals surface area contributed by atoms with Crippen molar-refractivity contribution in [3.8, 4) is 0 Å². The second kappa shape index (κ2) is 9.65. The van der Waals surface area contributed by atoms with Gasteiger partial charge in [-0.05, 0) is 42.9 Å². The highest BCUT2D eigenvalue weighted by atomic mass is 16.3. The van der Waals surface area contributed by atoms with Crippen LogP contribution < -0.4 is 10.2 Å². The average Bonchev–Trinajstić information content (AvgIpc) is 2.84. The summed E-state index contributed by atoms with van der Waals surface area (Å²) in [6.45, 7) is 6.54. The largest absolute Gasteiger partial charge is 0.391 e. The summed E-state index contributed by atoms with van der Waals surface area (Å²) in [4.78, 5) is 27.5. The normalized spacial score (nSPS) is 24.4. The van der Waals surface area contributed by atoms with Crippen LogP contribution in [0.3, 0.4) is 0 Å². The second-order valence-electron chi connectivity index (χ2n) is 9.53. The summed E-state index contributed by atoms with van der Waals surface area (Å²) >= 11 is 0. The SMILES string of the molecule is CC(=O)N1CCC(Nc2ccnc(N3CC[C@H](O)[C@@H](N4CCc5ccccc5C4)C3)n2)CC1. The number of hydrogen-bond donors (Lipinski definition) is 2. The maximum absolute atomic E-state index is 11.6. The smallest absolute Gasteiger partial charge is 0.227 e. The van der Waals surface area contributed by atoms with Crippen molar-refractivity contribution in [1.29, 1.82) is 0 Å². The molecule has 5 rings (SSSR count). The summed E-state index contributed by atoms with van der Waals surface area (Å²) in [6, 6.07) is 10.9. The Balaban J connectivity index is 1.23. The molecule has 176 valence electrons. The molecule has 0 saturated carbocycles. The molecule has 2 fully saturated rings. The molecule has 2 N–H and O–H groups in total. The number of piperidine rings is 2. The van der Waals surface area contributed by atoms with Crippen molar-refractivity contribution < 1.29 is 9.90 Å². The van der Waals surface area contributed by atoms with Crippen LogP contribution in [0.2, 0.25) is 0 Å². The third-order valence-electron chi connectivity index (χ3n) is 7.39. The molecule has 0 spiro atoms. The summed E-state index contributed by atoms with van der Waals surface area (Å²) in [5.41, 5.74) is 2.79. The van der Waals surface area contributed by atoms with Crippen LogP contribution in [0, 0.1) is 0 Å². The maximum atomic E-state index is 11.6. The standard InChI is InChI=1S/C25H34N6O2/c1-18(32)29-13-8-21(9-14-29)27-24-6-11-26-25(28-24)31-15-10-23(33)22(17-31)30-12-7-19-4-2-3-5-20(19)16-30/h2-6,11,21-23,33H,7-10,12-17H2,1H3,(H,26,27,28)/t22-,23-/m0/s1. The van der Waals surface area contributed by atoms with Crippen molar-refractivity contribution in [3.63, 3.8) is 0 Å². The predicted octanol–water partition coefficient (Wildman–Crippen LogP) is 1.90. The molecule has 2 aromatic rings. The van der Waals surface area contributed by atoms with E-state index in [1.54, 1.807) is 6.92 Å². The number of rotatable bonds is 4. The molecule has 0 unspecified atom stereocenters. The van der Waals surface area contributed by atoms with E-state index in [2.05, 4.69) is 44.4 Å². The van der Waals surface area contributed by atoms with Crippen LogP contribution in [-0.2, 0) is 17.8 Å². The molecule has 2 atom stereocenters. The fourth-order valence-corrected chi connectivity index (χ4v) is 5.39. The van der Waals surface area contributed by atoms with E-state index < -0.39 is 0 Å². The van der Waals surface area contributed by atoms with Crippen LogP contribution in [-0.4, -0.2) is 81.7 Å².